The average Bonchev–Trinajstić information content (AvgIpc) is 3.57. The summed E-state index contributed by atoms with van der Waals surface area (Å²) >= 11 is 0. The molecule has 0 unspecified atom stereocenters. The lowest BCUT2D eigenvalue weighted by molar-refractivity contribution is 0.154. The van der Waals surface area contributed by atoms with E-state index in [0.29, 0.717) is 11.3 Å². The largest absolute Gasteiger partial charge is 0.489 e. The molecule has 7 nitrogen and oxygen atoms in total. The first-order valence-electron chi connectivity index (χ1n) is 12.9. The van der Waals surface area contributed by atoms with Crippen molar-refractivity contribution >= 4 is 22.1 Å². The lowest BCUT2D eigenvalue weighted by Gasteiger charge is -2.22. The van der Waals surface area contributed by atoms with Gasteiger partial charge in [-0.1, -0.05) is 18.6 Å². The third-order valence-electron chi connectivity index (χ3n) is 7.19. The number of halogens is 1. The molecule has 0 saturated heterocycles. The quantitative estimate of drug-likeness (QED) is 0.262. The fraction of sp³-hybridized carbons (Fsp3) is 0.200. The molecular weight excluding hydrogens is 479 g/mol. The normalized spacial score (nSPS) is 14.3. The SMILES string of the molecule is Fc1cccc(-c2ccnc3[nH]c(-c4n[nH]c5ccc(-c6cncc(OC7CCCCC7)c6)nc45)cc23)c1. The van der Waals surface area contributed by atoms with Crippen molar-refractivity contribution < 1.29 is 9.13 Å². The Bertz CT molecular complexity index is 1770. The van der Waals surface area contributed by atoms with Crippen molar-refractivity contribution in [2.24, 2.45) is 0 Å². The van der Waals surface area contributed by atoms with Crippen molar-refractivity contribution in [1.29, 1.82) is 0 Å². The molecule has 1 aliphatic carbocycles. The van der Waals surface area contributed by atoms with Gasteiger partial charge in [-0.3, -0.25) is 10.1 Å². The van der Waals surface area contributed by atoms with Crippen molar-refractivity contribution in [2.45, 2.75) is 38.2 Å². The Morgan fingerprint density at radius 3 is 2.74 bits per heavy atom. The summed E-state index contributed by atoms with van der Waals surface area (Å²) in [7, 11) is 0. The molecule has 5 aromatic heterocycles. The number of hydrogen-bond donors (Lipinski definition) is 2. The van der Waals surface area contributed by atoms with Crippen LogP contribution < -0.4 is 4.74 Å². The highest BCUT2D eigenvalue weighted by atomic mass is 19.1. The van der Waals surface area contributed by atoms with Crippen molar-refractivity contribution in [2.75, 3.05) is 0 Å². The summed E-state index contributed by atoms with van der Waals surface area (Å²) in [6, 6.07) is 16.4. The minimum absolute atomic E-state index is 0.254. The van der Waals surface area contributed by atoms with Crippen LogP contribution in [0.15, 0.2) is 73.2 Å². The van der Waals surface area contributed by atoms with Crippen LogP contribution >= 0.6 is 0 Å². The van der Waals surface area contributed by atoms with Crippen LogP contribution in [-0.2, 0) is 0 Å². The molecule has 188 valence electrons. The molecule has 0 spiro atoms. The second-order valence-electron chi connectivity index (χ2n) is 9.77. The number of aromatic nitrogens is 6. The van der Waals surface area contributed by atoms with E-state index in [2.05, 4.69) is 25.1 Å². The number of benzene rings is 1. The molecule has 1 aromatic carbocycles. The number of pyridine rings is 3. The Balaban J connectivity index is 1.26. The number of ether oxygens (including phenoxy) is 1. The lowest BCUT2D eigenvalue weighted by Crippen LogP contribution is -2.19. The van der Waals surface area contributed by atoms with E-state index in [1.807, 2.05) is 36.4 Å². The Morgan fingerprint density at radius 1 is 0.921 bits per heavy atom. The lowest BCUT2D eigenvalue weighted by atomic mass is 9.98. The molecule has 0 aliphatic heterocycles. The van der Waals surface area contributed by atoms with Crippen LogP contribution in [0.1, 0.15) is 32.1 Å². The van der Waals surface area contributed by atoms with Crippen LogP contribution in [0.2, 0.25) is 0 Å². The van der Waals surface area contributed by atoms with Crippen molar-refractivity contribution in [1.82, 2.24) is 30.1 Å². The molecule has 0 amide bonds. The van der Waals surface area contributed by atoms with Gasteiger partial charge in [0.2, 0.25) is 0 Å². The highest BCUT2D eigenvalue weighted by molar-refractivity contribution is 5.99. The van der Waals surface area contributed by atoms with E-state index in [4.69, 9.17) is 9.72 Å². The number of rotatable bonds is 5. The van der Waals surface area contributed by atoms with E-state index >= 15 is 0 Å². The molecule has 1 aliphatic rings. The van der Waals surface area contributed by atoms with Crippen molar-refractivity contribution in [3.05, 3.63) is 79.0 Å². The van der Waals surface area contributed by atoms with Crippen LogP contribution in [0, 0.1) is 5.82 Å². The van der Waals surface area contributed by atoms with Crippen LogP contribution in [-0.4, -0.2) is 36.2 Å². The Morgan fingerprint density at radius 2 is 1.84 bits per heavy atom. The third-order valence-corrected chi connectivity index (χ3v) is 7.19. The first kappa shape index (κ1) is 22.6. The molecule has 0 atom stereocenters. The number of H-pyrrole nitrogens is 2. The van der Waals surface area contributed by atoms with Gasteiger partial charge in [-0.15, -0.1) is 0 Å². The summed E-state index contributed by atoms with van der Waals surface area (Å²) in [4.78, 5) is 17.2. The molecule has 38 heavy (non-hydrogen) atoms. The molecule has 1 saturated carbocycles. The molecule has 8 heteroatoms. The minimum Gasteiger partial charge on any atom is -0.489 e. The van der Waals surface area contributed by atoms with Gasteiger partial charge >= 0.3 is 0 Å². The van der Waals surface area contributed by atoms with Gasteiger partial charge in [0.1, 0.15) is 28.4 Å². The Kier molecular flexibility index (Phi) is 5.57. The highest BCUT2D eigenvalue weighted by Gasteiger charge is 2.18. The van der Waals surface area contributed by atoms with Gasteiger partial charge < -0.3 is 9.72 Å². The number of fused-ring (bicyclic) bond motifs is 2. The molecule has 1 fully saturated rings. The second-order valence-corrected chi connectivity index (χ2v) is 9.77. The molecule has 2 N–H and O–H groups in total. The maximum Gasteiger partial charge on any atom is 0.138 e. The van der Waals surface area contributed by atoms with E-state index in [0.717, 1.165) is 63.1 Å². The zero-order chi connectivity index (χ0) is 25.5. The maximum absolute atomic E-state index is 13.9. The van der Waals surface area contributed by atoms with Crippen LogP contribution in [0.5, 0.6) is 5.75 Å². The van der Waals surface area contributed by atoms with E-state index in [9.17, 15) is 4.39 Å². The summed E-state index contributed by atoms with van der Waals surface area (Å²) in [6.45, 7) is 0. The molecule has 0 bridgehead atoms. The van der Waals surface area contributed by atoms with Gasteiger partial charge in [0.15, 0.2) is 0 Å². The van der Waals surface area contributed by atoms with E-state index in [1.54, 1.807) is 24.7 Å². The topological polar surface area (TPSA) is 92.4 Å². The predicted octanol–water partition coefficient (Wildman–Crippen LogP) is 7.08. The van der Waals surface area contributed by atoms with E-state index < -0.39 is 0 Å². The number of aromatic amines is 2. The van der Waals surface area contributed by atoms with Crippen LogP contribution in [0.3, 0.4) is 0 Å². The van der Waals surface area contributed by atoms with Gasteiger partial charge in [-0.25, -0.2) is 14.4 Å². The first-order valence-corrected chi connectivity index (χ1v) is 12.9. The second kappa shape index (κ2) is 9.37. The monoisotopic (exact) mass is 504 g/mol. The molecule has 6 aromatic rings. The average molecular weight is 505 g/mol. The molecule has 0 radical (unpaired) electrons. The minimum atomic E-state index is -0.277. The number of nitrogens with one attached hydrogen (secondary N) is 2. The van der Waals surface area contributed by atoms with Gasteiger partial charge in [0, 0.05) is 23.3 Å². The Labute approximate surface area is 218 Å². The highest BCUT2D eigenvalue weighted by Crippen LogP contribution is 2.34. The van der Waals surface area contributed by atoms with Crippen molar-refractivity contribution in [3.8, 4) is 39.5 Å². The molecular formula is C30H25FN6O. The standard InChI is InChI=1S/C30H25FN6O/c31-20-6-4-5-18(13-20)23-11-12-33-30-24(23)15-27(35-30)29-28-26(36-37-29)10-9-25(34-28)19-14-22(17-32-16-19)38-21-7-2-1-3-8-21/h4-6,9-17,21H,1-3,7-8H2,(H,33,35)(H,36,37). The number of nitrogens with zero attached hydrogens (tertiary/aromatic N) is 4. The van der Waals surface area contributed by atoms with Gasteiger partial charge in [0.25, 0.3) is 0 Å². The summed E-state index contributed by atoms with van der Waals surface area (Å²) in [5.41, 5.74) is 7.08. The fourth-order valence-electron chi connectivity index (χ4n) is 5.31. The van der Waals surface area contributed by atoms with Gasteiger partial charge in [-0.2, -0.15) is 5.10 Å². The fourth-order valence-corrected chi connectivity index (χ4v) is 5.31. The third kappa shape index (κ3) is 4.18. The zero-order valence-corrected chi connectivity index (χ0v) is 20.6. The zero-order valence-electron chi connectivity index (χ0n) is 20.6. The van der Waals surface area contributed by atoms with Crippen LogP contribution in [0.4, 0.5) is 4.39 Å². The summed E-state index contributed by atoms with van der Waals surface area (Å²) in [6.07, 6.45) is 11.4. The molecule has 5 heterocycles. The smallest absolute Gasteiger partial charge is 0.138 e. The van der Waals surface area contributed by atoms with E-state index in [-0.39, 0.29) is 11.9 Å². The first-order chi connectivity index (χ1) is 18.7. The summed E-state index contributed by atoms with van der Waals surface area (Å²) < 4.78 is 20.1. The van der Waals surface area contributed by atoms with Gasteiger partial charge in [0.05, 0.1) is 29.2 Å². The Hall–Kier alpha value is -4.59. The summed E-state index contributed by atoms with van der Waals surface area (Å²) in [5.74, 6) is 0.497. The van der Waals surface area contributed by atoms with E-state index in [1.165, 1.54) is 31.4 Å². The molecule has 7 rings (SSSR count). The van der Waals surface area contributed by atoms with Gasteiger partial charge in [-0.05, 0) is 79.3 Å². The maximum atomic E-state index is 13.9. The predicted molar refractivity (Wildman–Crippen MR) is 145 cm³/mol. The van der Waals surface area contributed by atoms with Crippen molar-refractivity contribution in [3.63, 3.8) is 0 Å². The van der Waals surface area contributed by atoms with Crippen LogP contribution in [0.25, 0.3) is 55.8 Å². The number of hydrogen-bond acceptors (Lipinski definition) is 5. The summed E-state index contributed by atoms with van der Waals surface area (Å²) in [5, 5.41) is 8.53.